The van der Waals surface area contributed by atoms with E-state index < -0.39 is 23.2 Å². The number of anilines is 1. The van der Waals surface area contributed by atoms with Crippen LogP contribution in [0.5, 0.6) is 11.5 Å². The topological polar surface area (TPSA) is 112 Å². The van der Waals surface area contributed by atoms with Gasteiger partial charge in [-0.1, -0.05) is 23.7 Å². The van der Waals surface area contributed by atoms with Crippen LogP contribution in [-0.2, 0) is 20.7 Å². The number of fused-ring (bicyclic) bond motifs is 1. The number of benzene rings is 2. The van der Waals surface area contributed by atoms with Gasteiger partial charge in [-0.05, 0) is 63.8 Å². The van der Waals surface area contributed by atoms with Crippen LogP contribution in [0.4, 0.5) is 14.9 Å². The Morgan fingerprint density at radius 3 is 2.40 bits per heavy atom. The third kappa shape index (κ3) is 7.68. The summed E-state index contributed by atoms with van der Waals surface area (Å²) in [6.07, 6.45) is -0.433. The smallest absolute Gasteiger partial charge is 0.415 e. The number of halogens is 2. The lowest BCUT2D eigenvalue weighted by atomic mass is 9.75. The van der Waals surface area contributed by atoms with Gasteiger partial charge in [-0.15, -0.1) is 0 Å². The van der Waals surface area contributed by atoms with Crippen LogP contribution in [-0.4, -0.2) is 79.7 Å². The van der Waals surface area contributed by atoms with Crippen LogP contribution in [0.15, 0.2) is 36.4 Å². The highest BCUT2D eigenvalue weighted by atomic mass is 35.5. The molecule has 0 aromatic heterocycles. The second-order valence-corrected chi connectivity index (χ2v) is 12.5. The quantitative estimate of drug-likeness (QED) is 0.458. The zero-order valence-electron chi connectivity index (χ0n) is 25.0. The monoisotopic (exact) mass is 614 g/mol. The normalized spacial score (nSPS) is 17.7. The molecule has 2 aromatic rings. The molecule has 230 valence electrons. The maximum absolute atomic E-state index is 13.7. The Kier molecular flexibility index (Phi) is 9.40. The minimum Gasteiger partial charge on any atom is -0.482 e. The van der Waals surface area contributed by atoms with Gasteiger partial charge in [-0.25, -0.2) is 9.18 Å². The maximum atomic E-state index is 13.7. The number of hydrogen-bond donors (Lipinski definition) is 0. The zero-order valence-corrected chi connectivity index (χ0v) is 25.7. The molecule has 10 nitrogen and oxygen atoms in total. The molecule has 0 spiro atoms. The van der Waals surface area contributed by atoms with E-state index in [-0.39, 0.29) is 47.3 Å². The number of carbonyl (C=O) groups is 3. The van der Waals surface area contributed by atoms with Crippen molar-refractivity contribution in [3.63, 3.8) is 0 Å². The van der Waals surface area contributed by atoms with Crippen LogP contribution in [0.3, 0.4) is 0 Å². The molecule has 2 aliphatic rings. The molecule has 2 heterocycles. The van der Waals surface area contributed by atoms with E-state index in [1.54, 1.807) is 51.9 Å². The largest absolute Gasteiger partial charge is 0.482 e. The highest BCUT2D eigenvalue weighted by Gasteiger charge is 2.42. The summed E-state index contributed by atoms with van der Waals surface area (Å²) >= 11 is 6.45. The van der Waals surface area contributed by atoms with Gasteiger partial charge in [0, 0.05) is 33.3 Å². The van der Waals surface area contributed by atoms with Gasteiger partial charge in [0.15, 0.2) is 12.7 Å². The van der Waals surface area contributed by atoms with E-state index in [4.69, 9.17) is 25.8 Å². The van der Waals surface area contributed by atoms with Crippen LogP contribution in [0.2, 0.25) is 5.02 Å². The van der Waals surface area contributed by atoms with Crippen LogP contribution in [0.1, 0.15) is 39.2 Å². The fourth-order valence-corrected chi connectivity index (χ4v) is 5.17. The SMILES string of the molecule is CN(C)C(=O)COc1cc2c(cc1Cl)N(C(=O)OC(C)(C)C)CC(C(=O)N1CCC(C#N)(Cc3ccc(F)cc3)CC1)O2. The number of hydrogen-bond acceptors (Lipinski definition) is 7. The van der Waals surface area contributed by atoms with Crippen molar-refractivity contribution >= 4 is 35.2 Å². The molecule has 2 aromatic carbocycles. The molecule has 1 unspecified atom stereocenters. The van der Waals surface area contributed by atoms with E-state index in [0.717, 1.165) is 5.56 Å². The molecule has 0 radical (unpaired) electrons. The molecule has 0 N–H and O–H groups in total. The van der Waals surface area contributed by atoms with Crippen LogP contribution in [0.25, 0.3) is 0 Å². The van der Waals surface area contributed by atoms with E-state index >= 15 is 0 Å². The molecule has 0 aliphatic carbocycles. The first kappa shape index (κ1) is 31.9. The number of ether oxygens (including phenoxy) is 3. The van der Waals surface area contributed by atoms with Crippen molar-refractivity contribution in [2.75, 3.05) is 45.2 Å². The molecule has 12 heteroatoms. The van der Waals surface area contributed by atoms with E-state index in [1.165, 1.54) is 34.1 Å². The highest BCUT2D eigenvalue weighted by molar-refractivity contribution is 6.32. The predicted octanol–water partition coefficient (Wildman–Crippen LogP) is 4.82. The van der Waals surface area contributed by atoms with Gasteiger partial charge in [-0.3, -0.25) is 14.5 Å². The number of piperidine rings is 1. The Labute approximate surface area is 255 Å². The summed E-state index contributed by atoms with van der Waals surface area (Å²) in [6, 6.07) is 11.5. The van der Waals surface area contributed by atoms with E-state index in [9.17, 15) is 24.0 Å². The predicted molar refractivity (Wildman–Crippen MR) is 158 cm³/mol. The highest BCUT2D eigenvalue weighted by Crippen LogP contribution is 2.42. The number of amides is 3. The average molecular weight is 615 g/mol. The molecule has 2 aliphatic heterocycles. The average Bonchev–Trinajstić information content (AvgIpc) is 2.95. The second kappa shape index (κ2) is 12.7. The molecule has 1 fully saturated rings. The molecule has 1 saturated heterocycles. The van der Waals surface area contributed by atoms with Gasteiger partial charge in [-0.2, -0.15) is 5.26 Å². The van der Waals surface area contributed by atoms with Crippen molar-refractivity contribution in [3.8, 4) is 17.6 Å². The molecule has 1 atom stereocenters. The van der Waals surface area contributed by atoms with Gasteiger partial charge >= 0.3 is 6.09 Å². The van der Waals surface area contributed by atoms with Gasteiger partial charge in [0.25, 0.3) is 11.8 Å². The number of carbonyl (C=O) groups excluding carboxylic acids is 3. The minimum atomic E-state index is -1.07. The standard InChI is InChI=1S/C31H36ClFN4O6/c1-30(2,3)43-29(40)37-17-26(42-25-15-24(22(32)14-23(25)37)41-18-27(38)35(4)5)28(39)36-12-10-31(19-34,11-13-36)16-20-6-8-21(33)9-7-20/h6-9,14-15,26H,10-13,16-18H2,1-5H3. The summed E-state index contributed by atoms with van der Waals surface area (Å²) < 4.78 is 30.7. The first-order chi connectivity index (χ1) is 20.2. The first-order valence-corrected chi connectivity index (χ1v) is 14.4. The van der Waals surface area contributed by atoms with Crippen molar-refractivity contribution in [3.05, 3.63) is 52.8 Å². The summed E-state index contributed by atoms with van der Waals surface area (Å²) in [7, 11) is 3.20. The molecular weight excluding hydrogens is 579 g/mol. The fraction of sp³-hybridized carbons (Fsp3) is 0.484. The van der Waals surface area contributed by atoms with Crippen molar-refractivity contribution in [2.24, 2.45) is 5.41 Å². The molecule has 43 heavy (non-hydrogen) atoms. The van der Waals surface area contributed by atoms with E-state index in [0.29, 0.717) is 38.0 Å². The first-order valence-electron chi connectivity index (χ1n) is 14.0. The Hall–Kier alpha value is -4.04. The van der Waals surface area contributed by atoms with E-state index in [1.807, 2.05) is 0 Å². The van der Waals surface area contributed by atoms with Crippen LogP contribution in [0, 0.1) is 22.6 Å². The van der Waals surface area contributed by atoms with Gasteiger partial charge < -0.3 is 24.0 Å². The lowest BCUT2D eigenvalue weighted by Gasteiger charge is -2.41. The number of likely N-dealkylation sites (tertiary alicyclic amines) is 1. The third-order valence-electron chi connectivity index (χ3n) is 7.39. The third-order valence-corrected chi connectivity index (χ3v) is 7.68. The molecule has 0 saturated carbocycles. The molecule has 0 bridgehead atoms. The maximum Gasteiger partial charge on any atom is 0.415 e. The number of rotatable bonds is 6. The summed E-state index contributed by atoms with van der Waals surface area (Å²) in [5.41, 5.74) is -0.334. The van der Waals surface area contributed by atoms with Crippen molar-refractivity contribution < 1.29 is 33.0 Å². The second-order valence-electron chi connectivity index (χ2n) is 12.0. The number of nitrogens with zero attached hydrogens (tertiary/aromatic N) is 4. The molecule has 3 amide bonds. The van der Waals surface area contributed by atoms with E-state index in [2.05, 4.69) is 6.07 Å². The summed E-state index contributed by atoms with van der Waals surface area (Å²) in [4.78, 5) is 43.4. The molecular formula is C31H36ClFN4O6. The Morgan fingerprint density at radius 1 is 1.16 bits per heavy atom. The van der Waals surface area contributed by atoms with Crippen LogP contribution < -0.4 is 14.4 Å². The lowest BCUT2D eigenvalue weighted by Crippen LogP contribution is -2.54. The fourth-order valence-electron chi connectivity index (χ4n) is 4.96. The van der Waals surface area contributed by atoms with Crippen molar-refractivity contribution in [2.45, 2.75) is 51.7 Å². The van der Waals surface area contributed by atoms with Gasteiger partial charge in [0.05, 0.1) is 28.7 Å². The van der Waals surface area contributed by atoms with Gasteiger partial charge in [0.1, 0.15) is 22.9 Å². The summed E-state index contributed by atoms with van der Waals surface area (Å²) in [6.45, 7) is 5.45. The lowest BCUT2D eigenvalue weighted by molar-refractivity contribution is -0.140. The van der Waals surface area contributed by atoms with Gasteiger partial charge in [0.2, 0.25) is 0 Å². The van der Waals surface area contributed by atoms with Crippen LogP contribution >= 0.6 is 11.6 Å². The Balaban J connectivity index is 1.54. The molecule has 4 rings (SSSR count). The van der Waals surface area contributed by atoms with Crippen molar-refractivity contribution in [1.29, 1.82) is 5.26 Å². The van der Waals surface area contributed by atoms with Crippen molar-refractivity contribution in [1.82, 2.24) is 9.80 Å². The summed E-state index contributed by atoms with van der Waals surface area (Å²) in [5, 5.41) is 10.2. The summed E-state index contributed by atoms with van der Waals surface area (Å²) in [5.74, 6) is -0.631. The zero-order chi connectivity index (χ0) is 31.5. The Morgan fingerprint density at radius 2 is 1.81 bits per heavy atom. The minimum absolute atomic E-state index is 0.119. The Bertz CT molecular complexity index is 1410. The number of likely N-dealkylation sites (N-methyl/N-ethyl adjacent to an activating group) is 1. The number of nitriles is 1.